The van der Waals surface area contributed by atoms with Gasteiger partial charge in [-0.2, -0.15) is 0 Å². The van der Waals surface area contributed by atoms with E-state index in [1.54, 1.807) is 49.4 Å². The zero-order valence-electron chi connectivity index (χ0n) is 22.8. The van der Waals surface area contributed by atoms with Gasteiger partial charge in [0.15, 0.2) is 17.6 Å². The molecule has 1 fully saturated rings. The molecule has 2 aromatic rings. The first-order valence-corrected chi connectivity index (χ1v) is 13.7. The number of nitrogens with zero attached hydrogens (tertiary/aromatic N) is 1. The van der Waals surface area contributed by atoms with Gasteiger partial charge in [-0.15, -0.1) is 0 Å². The molecule has 2 N–H and O–H groups in total. The summed E-state index contributed by atoms with van der Waals surface area (Å²) in [6.45, 7) is 3.73. The molecule has 2 aromatic carbocycles. The van der Waals surface area contributed by atoms with Gasteiger partial charge in [-0.05, 0) is 51.1 Å². The van der Waals surface area contributed by atoms with Crippen LogP contribution >= 0.6 is 0 Å². The number of esters is 2. The van der Waals surface area contributed by atoms with Crippen LogP contribution in [0.2, 0.25) is 0 Å². The normalized spacial score (nSPS) is 29.4. The number of carbonyl (C=O) groups excluding carboxylic acids is 3. The molecule has 9 nitrogen and oxygen atoms in total. The lowest BCUT2D eigenvalue weighted by molar-refractivity contribution is -0.177. The van der Waals surface area contributed by atoms with E-state index in [2.05, 4.69) is 4.90 Å². The minimum absolute atomic E-state index is 0.0244. The minimum atomic E-state index is -1.36. The molecule has 2 heterocycles. The highest BCUT2D eigenvalue weighted by Crippen LogP contribution is 2.65. The molecule has 2 bridgehead atoms. The van der Waals surface area contributed by atoms with Gasteiger partial charge in [-0.25, -0.2) is 4.79 Å². The molecule has 0 saturated carbocycles. The number of aliphatic hydroxyl groups is 1. The van der Waals surface area contributed by atoms with Crippen molar-refractivity contribution in [2.45, 2.75) is 68.8 Å². The number of likely N-dealkylation sites (N-methyl/N-ethyl adjacent to an activating group) is 1. The van der Waals surface area contributed by atoms with Gasteiger partial charge in [0.1, 0.15) is 11.5 Å². The fraction of sp³-hybridized carbons (Fsp3) is 0.452. The number of Topliss-reactive ketones (excluding diaryl/α,β-unsaturated/α-hetero) is 1. The number of ether oxygens (including phenoxy) is 3. The highest BCUT2D eigenvalue weighted by atomic mass is 16.6. The first-order valence-electron chi connectivity index (χ1n) is 13.7. The summed E-state index contributed by atoms with van der Waals surface area (Å²) in [5.41, 5.74) is 0.109. The van der Waals surface area contributed by atoms with Crippen LogP contribution in [0.15, 0.2) is 54.3 Å². The Morgan fingerprint density at radius 2 is 1.93 bits per heavy atom. The number of aromatic hydroxyl groups is 1. The van der Waals surface area contributed by atoms with Crippen LogP contribution in [0.5, 0.6) is 11.5 Å². The Morgan fingerprint density at radius 1 is 1.18 bits per heavy atom. The Morgan fingerprint density at radius 3 is 2.65 bits per heavy atom. The van der Waals surface area contributed by atoms with E-state index in [0.29, 0.717) is 30.7 Å². The van der Waals surface area contributed by atoms with Crippen LogP contribution in [0, 0.1) is 5.92 Å². The highest BCUT2D eigenvalue weighted by Gasteiger charge is 2.72. The number of ketones is 1. The summed E-state index contributed by atoms with van der Waals surface area (Å²) in [4.78, 5) is 40.2. The van der Waals surface area contributed by atoms with Crippen LogP contribution in [0.3, 0.4) is 0 Å². The van der Waals surface area contributed by atoms with Crippen molar-refractivity contribution >= 4 is 17.7 Å². The third kappa shape index (κ3) is 3.78. The maximum absolute atomic E-state index is 13.7. The second-order valence-electron chi connectivity index (χ2n) is 11.5. The molecule has 0 amide bonds. The molecule has 6 atom stereocenters. The second kappa shape index (κ2) is 9.45. The first kappa shape index (κ1) is 26.5. The molecule has 2 aliphatic heterocycles. The van der Waals surface area contributed by atoms with E-state index >= 15 is 0 Å². The van der Waals surface area contributed by atoms with Gasteiger partial charge < -0.3 is 29.3 Å². The number of likely N-dealkylation sites (tertiary alicyclic amines) is 1. The molecule has 1 spiro atoms. The number of piperidine rings is 1. The first-order chi connectivity index (χ1) is 19.1. The van der Waals surface area contributed by atoms with Crippen molar-refractivity contribution in [2.24, 2.45) is 5.92 Å². The number of hydrogen-bond acceptors (Lipinski definition) is 9. The molecular weight excluding hydrogens is 514 g/mol. The van der Waals surface area contributed by atoms with Gasteiger partial charge in [0, 0.05) is 29.5 Å². The molecule has 4 aliphatic rings. The van der Waals surface area contributed by atoms with Crippen molar-refractivity contribution in [3.63, 3.8) is 0 Å². The zero-order chi connectivity index (χ0) is 28.4. The van der Waals surface area contributed by atoms with Crippen LogP contribution < -0.4 is 4.74 Å². The summed E-state index contributed by atoms with van der Waals surface area (Å²) >= 11 is 0. The Bertz CT molecular complexity index is 1420. The zero-order valence-corrected chi connectivity index (χ0v) is 22.8. The Balaban J connectivity index is 1.34. The van der Waals surface area contributed by atoms with E-state index in [1.165, 1.54) is 6.92 Å². The van der Waals surface area contributed by atoms with Gasteiger partial charge in [0.05, 0.1) is 17.4 Å². The average Bonchev–Trinajstić information content (AvgIpc) is 3.29. The molecule has 9 heteroatoms. The summed E-state index contributed by atoms with van der Waals surface area (Å²) < 4.78 is 17.9. The van der Waals surface area contributed by atoms with Crippen molar-refractivity contribution in [1.82, 2.24) is 4.90 Å². The van der Waals surface area contributed by atoms with Crippen LogP contribution in [0.25, 0.3) is 0 Å². The fourth-order valence-corrected chi connectivity index (χ4v) is 7.06. The van der Waals surface area contributed by atoms with E-state index in [9.17, 15) is 24.6 Å². The van der Waals surface area contributed by atoms with Gasteiger partial charge in [0.25, 0.3) is 0 Å². The molecule has 210 valence electrons. The predicted octanol–water partition coefficient (Wildman–Crippen LogP) is 3.11. The van der Waals surface area contributed by atoms with Gasteiger partial charge in [0.2, 0.25) is 6.10 Å². The summed E-state index contributed by atoms with van der Waals surface area (Å²) in [5, 5.41) is 23.0. The number of hydrogen-bond donors (Lipinski definition) is 2. The van der Waals surface area contributed by atoms with E-state index in [-0.39, 0.29) is 36.2 Å². The van der Waals surface area contributed by atoms with Crippen molar-refractivity contribution in [3.8, 4) is 11.5 Å². The SMILES string of the molecule is CC(=O)[C@@H](C)CC(=O)O[C@H](C(=O)OC1=CC[C@@]2(O)[C@H]3Cc4ccc(O)c5c4[C@@]2(CCN3C)[C@H]1O5)c1ccccc1. The molecule has 0 radical (unpaired) electrons. The quantitative estimate of drug-likeness (QED) is 0.504. The molecule has 6 rings (SSSR count). The third-order valence-electron chi connectivity index (χ3n) is 9.30. The largest absolute Gasteiger partial charge is 0.504 e. The molecular formula is C31H33NO8. The number of carbonyl (C=O) groups is 3. The maximum atomic E-state index is 13.7. The summed E-state index contributed by atoms with van der Waals surface area (Å²) in [6, 6.07) is 11.9. The minimum Gasteiger partial charge on any atom is -0.504 e. The number of rotatable bonds is 7. The number of phenols is 1. The van der Waals surface area contributed by atoms with E-state index in [1.807, 2.05) is 13.1 Å². The van der Waals surface area contributed by atoms with Crippen molar-refractivity contribution in [1.29, 1.82) is 0 Å². The molecule has 0 aromatic heterocycles. The van der Waals surface area contributed by atoms with Crippen LogP contribution in [0.4, 0.5) is 0 Å². The maximum Gasteiger partial charge on any atom is 0.357 e. The average molecular weight is 548 g/mol. The third-order valence-corrected chi connectivity index (χ3v) is 9.30. The van der Waals surface area contributed by atoms with E-state index in [0.717, 1.165) is 11.1 Å². The fourth-order valence-electron chi connectivity index (χ4n) is 7.06. The van der Waals surface area contributed by atoms with E-state index in [4.69, 9.17) is 14.2 Å². The van der Waals surface area contributed by atoms with Crippen molar-refractivity contribution in [2.75, 3.05) is 13.6 Å². The Hall–Kier alpha value is -3.69. The van der Waals surface area contributed by atoms with Crippen LogP contribution in [-0.2, 0) is 35.7 Å². The summed E-state index contributed by atoms with van der Waals surface area (Å²) in [5.74, 6) is -1.69. The van der Waals surface area contributed by atoms with Gasteiger partial charge >= 0.3 is 11.9 Å². The standard InChI is InChI=1S/C31H33NO8/c1-17(18(2)33)15-24(35)39-26(19-7-5-4-6-8-19)29(36)38-22-11-12-31(37)23-16-20-9-10-21(34)27-25(20)30(31,28(22)40-27)13-14-32(23)3/h4-11,17,23,26,28,34,37H,12-16H2,1-3H3/t17-,23+,26-,28-,30-,31+/m0/s1. The monoisotopic (exact) mass is 547 g/mol. The molecule has 0 unspecified atom stereocenters. The van der Waals surface area contributed by atoms with Crippen LogP contribution in [0.1, 0.15) is 55.9 Å². The highest BCUT2D eigenvalue weighted by molar-refractivity contribution is 5.85. The Kier molecular flexibility index (Phi) is 6.27. The number of benzene rings is 2. The summed E-state index contributed by atoms with van der Waals surface area (Å²) in [6.07, 6.45) is 0.687. The van der Waals surface area contributed by atoms with Crippen LogP contribution in [-0.4, -0.2) is 64.2 Å². The Labute approximate surface area is 232 Å². The molecule has 1 saturated heterocycles. The lowest BCUT2D eigenvalue weighted by Crippen LogP contribution is -2.74. The van der Waals surface area contributed by atoms with Gasteiger partial charge in [-0.1, -0.05) is 43.3 Å². The lowest BCUT2D eigenvalue weighted by Gasteiger charge is -2.61. The molecule has 2 aliphatic carbocycles. The molecule has 40 heavy (non-hydrogen) atoms. The van der Waals surface area contributed by atoms with Gasteiger partial charge in [-0.3, -0.25) is 9.59 Å². The topological polar surface area (TPSA) is 123 Å². The smallest absolute Gasteiger partial charge is 0.357 e. The van der Waals surface area contributed by atoms with Crippen molar-refractivity contribution < 1.29 is 38.8 Å². The second-order valence-corrected chi connectivity index (χ2v) is 11.5. The summed E-state index contributed by atoms with van der Waals surface area (Å²) in [7, 11) is 2.00. The number of phenolic OH excluding ortho intramolecular Hbond substituents is 1. The van der Waals surface area contributed by atoms with Crippen molar-refractivity contribution in [3.05, 3.63) is 71.0 Å². The lowest BCUT2D eigenvalue weighted by atomic mass is 9.50. The van der Waals surface area contributed by atoms with E-state index < -0.39 is 41.1 Å². The predicted molar refractivity (Wildman–Crippen MR) is 142 cm³/mol.